The third-order valence-corrected chi connectivity index (χ3v) is 5.79. The van der Waals surface area contributed by atoms with Crippen molar-refractivity contribution in [3.63, 3.8) is 0 Å². The van der Waals surface area contributed by atoms with E-state index in [1.165, 1.54) is 12.2 Å². The maximum Gasteiger partial charge on any atom is 0.185 e. The lowest BCUT2D eigenvalue weighted by Crippen LogP contribution is -1.98. The first-order valence-electron chi connectivity index (χ1n) is 6.59. The minimum atomic E-state index is -0.0777. The average Bonchev–Trinajstić information content (AvgIpc) is 2.57. The number of ketones is 2. The van der Waals surface area contributed by atoms with Crippen LogP contribution in [-0.2, 0) is 0 Å². The molecule has 0 N–H and O–H groups in total. The zero-order valence-corrected chi connectivity index (χ0v) is 13.3. The number of hydrogen-bond donors (Lipinski definition) is 0. The second-order valence-corrected chi connectivity index (χ2v) is 6.83. The van der Waals surface area contributed by atoms with Crippen molar-refractivity contribution < 1.29 is 9.59 Å². The van der Waals surface area contributed by atoms with Crippen LogP contribution in [0.5, 0.6) is 0 Å². The molecule has 1 heterocycles. The summed E-state index contributed by atoms with van der Waals surface area (Å²) in [5.74, 6) is -0.155. The molecule has 0 fully saturated rings. The van der Waals surface area contributed by atoms with E-state index in [4.69, 9.17) is 0 Å². The Bertz CT molecular complexity index is 752. The molecule has 4 heteroatoms. The molecule has 0 aromatic heterocycles. The second-order valence-electron chi connectivity index (χ2n) is 4.66. The molecule has 1 aliphatic rings. The molecular formula is C18H12O2S2. The van der Waals surface area contributed by atoms with E-state index in [9.17, 15) is 9.59 Å². The fraction of sp³-hybridized carbons (Fsp3) is 0. The lowest BCUT2D eigenvalue weighted by atomic mass is 10.1. The van der Waals surface area contributed by atoms with Crippen molar-refractivity contribution in [3.8, 4) is 0 Å². The summed E-state index contributed by atoms with van der Waals surface area (Å²) < 4.78 is 0. The van der Waals surface area contributed by atoms with Gasteiger partial charge < -0.3 is 0 Å². The number of carbonyl (C=O) groups excluding carboxylic acids is 2. The van der Waals surface area contributed by atoms with Gasteiger partial charge in [0.1, 0.15) is 0 Å². The summed E-state index contributed by atoms with van der Waals surface area (Å²) in [6.07, 6.45) is 2.65. The Morgan fingerprint density at radius 1 is 0.727 bits per heavy atom. The summed E-state index contributed by atoms with van der Waals surface area (Å²) in [6.45, 7) is 7.04. The van der Waals surface area contributed by atoms with E-state index in [1.54, 1.807) is 35.7 Å². The van der Waals surface area contributed by atoms with Crippen LogP contribution in [0.1, 0.15) is 20.7 Å². The number of carbonyl (C=O) groups is 2. The smallest absolute Gasteiger partial charge is 0.185 e. The maximum atomic E-state index is 11.7. The van der Waals surface area contributed by atoms with E-state index in [2.05, 4.69) is 13.2 Å². The van der Waals surface area contributed by atoms with E-state index in [0.29, 0.717) is 11.1 Å². The zero-order valence-electron chi connectivity index (χ0n) is 11.7. The van der Waals surface area contributed by atoms with E-state index in [0.717, 1.165) is 19.6 Å². The standard InChI is InChI=1S/C18H12O2S2/c1-3-13(19)11-5-7-15-17(9-11)21-16-8-6-12(14(20)4-2)10-18(16)22-15/h3-10H,1-2H2. The van der Waals surface area contributed by atoms with Crippen LogP contribution in [0, 0.1) is 0 Å². The topological polar surface area (TPSA) is 34.1 Å². The number of benzene rings is 2. The Hall–Kier alpha value is -2.04. The monoisotopic (exact) mass is 324 g/mol. The summed E-state index contributed by atoms with van der Waals surface area (Å²) in [5, 5.41) is 0. The summed E-state index contributed by atoms with van der Waals surface area (Å²) in [5.41, 5.74) is 1.28. The first kappa shape index (κ1) is 14.9. The first-order chi connectivity index (χ1) is 10.6. The molecular weight excluding hydrogens is 312 g/mol. The third kappa shape index (κ3) is 2.67. The van der Waals surface area contributed by atoms with Crippen molar-refractivity contribution in [3.05, 3.63) is 72.8 Å². The van der Waals surface area contributed by atoms with Crippen LogP contribution < -0.4 is 0 Å². The molecule has 0 saturated heterocycles. The Balaban J connectivity index is 1.98. The molecule has 0 bridgehead atoms. The van der Waals surface area contributed by atoms with Gasteiger partial charge >= 0.3 is 0 Å². The normalized spacial score (nSPS) is 12.0. The molecule has 1 aliphatic heterocycles. The summed E-state index contributed by atoms with van der Waals surface area (Å²) in [7, 11) is 0. The van der Waals surface area contributed by atoms with E-state index in [1.807, 2.05) is 24.3 Å². The number of allylic oxidation sites excluding steroid dienone is 2. The van der Waals surface area contributed by atoms with E-state index < -0.39 is 0 Å². The molecule has 0 radical (unpaired) electrons. The van der Waals surface area contributed by atoms with Crippen molar-refractivity contribution in [2.24, 2.45) is 0 Å². The Morgan fingerprint density at radius 2 is 1.14 bits per heavy atom. The van der Waals surface area contributed by atoms with Gasteiger partial charge in [-0.15, -0.1) is 0 Å². The minimum absolute atomic E-state index is 0.0777. The van der Waals surface area contributed by atoms with Crippen molar-refractivity contribution in [1.29, 1.82) is 0 Å². The van der Waals surface area contributed by atoms with Crippen molar-refractivity contribution in [1.82, 2.24) is 0 Å². The highest BCUT2D eigenvalue weighted by atomic mass is 32.2. The predicted molar refractivity (Wildman–Crippen MR) is 90.2 cm³/mol. The second kappa shape index (κ2) is 5.99. The zero-order chi connectivity index (χ0) is 15.7. The summed E-state index contributed by atoms with van der Waals surface area (Å²) in [6, 6.07) is 11.3. The number of hydrogen-bond acceptors (Lipinski definition) is 4. The largest absolute Gasteiger partial charge is 0.289 e. The predicted octanol–water partition coefficient (Wildman–Crippen LogP) is 5.04. The molecule has 0 saturated carbocycles. The van der Waals surface area contributed by atoms with Gasteiger partial charge in [0, 0.05) is 30.7 Å². The molecule has 2 aromatic carbocycles. The van der Waals surface area contributed by atoms with Crippen LogP contribution in [-0.4, -0.2) is 11.6 Å². The van der Waals surface area contributed by atoms with E-state index in [-0.39, 0.29) is 11.6 Å². The van der Waals surface area contributed by atoms with Gasteiger partial charge in [0.2, 0.25) is 0 Å². The van der Waals surface area contributed by atoms with Crippen LogP contribution >= 0.6 is 23.5 Å². The number of rotatable bonds is 4. The van der Waals surface area contributed by atoms with Crippen molar-refractivity contribution in [2.75, 3.05) is 0 Å². The fourth-order valence-electron chi connectivity index (χ4n) is 2.12. The molecule has 108 valence electrons. The van der Waals surface area contributed by atoms with Gasteiger partial charge in [0.15, 0.2) is 11.6 Å². The lowest BCUT2D eigenvalue weighted by Gasteiger charge is -2.19. The summed E-state index contributed by atoms with van der Waals surface area (Å²) >= 11 is 3.22. The van der Waals surface area contributed by atoms with Crippen molar-refractivity contribution in [2.45, 2.75) is 19.6 Å². The molecule has 0 aliphatic carbocycles. The highest BCUT2D eigenvalue weighted by Gasteiger charge is 2.19. The molecule has 0 spiro atoms. The SMILES string of the molecule is C=CC(=O)c1ccc2c(c1)Sc1ccc(C(=O)C=C)cc1S2. The van der Waals surface area contributed by atoms with Gasteiger partial charge in [-0.1, -0.05) is 36.7 Å². The average molecular weight is 324 g/mol. The van der Waals surface area contributed by atoms with Gasteiger partial charge in [0.05, 0.1) is 0 Å². The molecule has 22 heavy (non-hydrogen) atoms. The molecule has 2 aromatic rings. The van der Waals surface area contributed by atoms with Crippen LogP contribution in [0.3, 0.4) is 0 Å². The molecule has 3 rings (SSSR count). The van der Waals surface area contributed by atoms with Crippen LogP contribution in [0.25, 0.3) is 0 Å². The number of fused-ring (bicyclic) bond motifs is 2. The third-order valence-electron chi connectivity index (χ3n) is 3.27. The molecule has 0 atom stereocenters. The van der Waals surface area contributed by atoms with Gasteiger partial charge in [0.25, 0.3) is 0 Å². The summed E-state index contributed by atoms with van der Waals surface area (Å²) in [4.78, 5) is 27.7. The van der Waals surface area contributed by atoms with Crippen LogP contribution in [0.15, 0.2) is 81.3 Å². The van der Waals surface area contributed by atoms with Gasteiger partial charge in [-0.25, -0.2) is 0 Å². The lowest BCUT2D eigenvalue weighted by molar-refractivity contribution is 0.103. The molecule has 2 nitrogen and oxygen atoms in total. The van der Waals surface area contributed by atoms with Gasteiger partial charge in [-0.2, -0.15) is 0 Å². The first-order valence-corrected chi connectivity index (χ1v) is 8.23. The van der Waals surface area contributed by atoms with E-state index >= 15 is 0 Å². The van der Waals surface area contributed by atoms with Crippen molar-refractivity contribution >= 4 is 35.1 Å². The van der Waals surface area contributed by atoms with Crippen LogP contribution in [0.2, 0.25) is 0 Å². The highest BCUT2D eigenvalue weighted by molar-refractivity contribution is 8.05. The van der Waals surface area contributed by atoms with Gasteiger partial charge in [-0.3, -0.25) is 9.59 Å². The minimum Gasteiger partial charge on any atom is -0.289 e. The van der Waals surface area contributed by atoms with Crippen LogP contribution in [0.4, 0.5) is 0 Å². The highest BCUT2D eigenvalue weighted by Crippen LogP contribution is 2.48. The Morgan fingerprint density at radius 3 is 1.50 bits per heavy atom. The Kier molecular flexibility index (Phi) is 4.05. The fourth-order valence-corrected chi connectivity index (χ4v) is 4.40. The molecule has 0 unspecified atom stereocenters. The Labute approximate surface area is 137 Å². The quantitative estimate of drug-likeness (QED) is 0.497. The van der Waals surface area contributed by atoms with Gasteiger partial charge in [-0.05, 0) is 48.6 Å². The maximum absolute atomic E-state index is 11.7. The molecule has 0 amide bonds.